The maximum absolute atomic E-state index is 6.15. The summed E-state index contributed by atoms with van der Waals surface area (Å²) in [4.78, 5) is 0. The van der Waals surface area contributed by atoms with Crippen molar-refractivity contribution in [3.05, 3.63) is 58.1 Å². The van der Waals surface area contributed by atoms with Gasteiger partial charge in [0.1, 0.15) is 6.10 Å². The summed E-state index contributed by atoms with van der Waals surface area (Å²) in [6, 6.07) is 13.6. The molecule has 0 bridgehead atoms. The van der Waals surface area contributed by atoms with E-state index in [1.165, 1.54) is 0 Å². The topological polar surface area (TPSA) is 21.3 Å². The van der Waals surface area contributed by atoms with Crippen LogP contribution >= 0.6 is 23.2 Å². The first-order chi connectivity index (χ1) is 8.74. The molecule has 1 N–H and O–H groups in total. The van der Waals surface area contributed by atoms with E-state index in [-0.39, 0.29) is 6.10 Å². The van der Waals surface area contributed by atoms with Crippen LogP contribution in [0.4, 0.5) is 5.69 Å². The number of halogens is 2. The number of nitrogens with one attached hydrogen (secondary N) is 1. The van der Waals surface area contributed by atoms with Crippen LogP contribution in [0.25, 0.3) is 0 Å². The molecule has 2 nitrogen and oxygen atoms in total. The van der Waals surface area contributed by atoms with E-state index < -0.39 is 0 Å². The van der Waals surface area contributed by atoms with Crippen LogP contribution in [0.5, 0.6) is 5.75 Å². The summed E-state index contributed by atoms with van der Waals surface area (Å²) in [6.07, 6.45) is -0.0302. The number of ether oxygens (including phenoxy) is 1. The van der Waals surface area contributed by atoms with Gasteiger partial charge in [-0.25, -0.2) is 0 Å². The molecule has 0 aromatic heterocycles. The van der Waals surface area contributed by atoms with Crippen molar-refractivity contribution in [3.63, 3.8) is 0 Å². The van der Waals surface area contributed by atoms with Crippen LogP contribution in [0.15, 0.2) is 42.5 Å². The molecule has 1 unspecified atom stereocenters. The minimum atomic E-state index is -0.0302. The molecule has 3 rings (SSSR count). The maximum atomic E-state index is 6.15. The molecule has 0 radical (unpaired) electrons. The lowest BCUT2D eigenvalue weighted by atomic mass is 10.1. The van der Waals surface area contributed by atoms with Crippen molar-refractivity contribution in [3.8, 4) is 5.75 Å². The number of hydrogen-bond donors (Lipinski definition) is 1. The molecule has 4 heteroatoms. The van der Waals surface area contributed by atoms with Crippen molar-refractivity contribution in [2.45, 2.75) is 6.10 Å². The fraction of sp³-hybridized carbons (Fsp3) is 0.143. The highest BCUT2D eigenvalue weighted by atomic mass is 35.5. The standard InChI is InChI=1S/C14H11Cl2NO/c15-10-6-11(16)14-12(7-10)17-8-13(18-14)9-4-2-1-3-5-9/h1-7,13,17H,8H2. The van der Waals surface area contributed by atoms with Crippen LogP contribution in [-0.4, -0.2) is 6.54 Å². The third-order valence-corrected chi connectivity index (χ3v) is 3.42. The first-order valence-electron chi connectivity index (χ1n) is 5.68. The zero-order valence-electron chi connectivity index (χ0n) is 9.49. The Bertz CT molecular complexity index is 572. The van der Waals surface area contributed by atoms with E-state index in [9.17, 15) is 0 Å². The Morgan fingerprint density at radius 1 is 1.11 bits per heavy atom. The predicted molar refractivity (Wildman–Crippen MR) is 74.8 cm³/mol. The maximum Gasteiger partial charge on any atom is 0.162 e. The molecule has 0 spiro atoms. The van der Waals surface area contributed by atoms with Crippen LogP contribution in [0.1, 0.15) is 11.7 Å². The van der Waals surface area contributed by atoms with Gasteiger partial charge in [-0.3, -0.25) is 0 Å². The normalized spacial score (nSPS) is 17.6. The van der Waals surface area contributed by atoms with Gasteiger partial charge in [-0.15, -0.1) is 0 Å². The third-order valence-electron chi connectivity index (χ3n) is 2.92. The molecule has 92 valence electrons. The summed E-state index contributed by atoms with van der Waals surface area (Å²) in [7, 11) is 0. The second-order valence-electron chi connectivity index (χ2n) is 4.16. The van der Waals surface area contributed by atoms with Gasteiger partial charge < -0.3 is 10.1 Å². The first kappa shape index (κ1) is 11.7. The summed E-state index contributed by atoms with van der Waals surface area (Å²) in [5, 5.41) is 4.44. The molecule has 0 fully saturated rings. The minimum absolute atomic E-state index is 0.0302. The number of rotatable bonds is 1. The van der Waals surface area contributed by atoms with E-state index in [1.54, 1.807) is 6.07 Å². The Labute approximate surface area is 115 Å². The molecule has 2 aromatic carbocycles. The molecule has 18 heavy (non-hydrogen) atoms. The van der Waals surface area contributed by atoms with Gasteiger partial charge in [0.05, 0.1) is 17.3 Å². The Balaban J connectivity index is 1.94. The molecule has 2 aromatic rings. The van der Waals surface area contributed by atoms with Gasteiger partial charge in [-0.2, -0.15) is 0 Å². The summed E-state index contributed by atoms with van der Waals surface area (Å²) in [5.41, 5.74) is 1.97. The fourth-order valence-corrected chi connectivity index (χ4v) is 2.59. The highest BCUT2D eigenvalue weighted by Gasteiger charge is 2.23. The molecule has 1 heterocycles. The number of hydrogen-bond acceptors (Lipinski definition) is 2. The van der Waals surface area contributed by atoms with E-state index in [0.717, 1.165) is 11.3 Å². The second kappa shape index (κ2) is 4.71. The third kappa shape index (κ3) is 2.14. The Kier molecular flexibility index (Phi) is 3.06. The number of anilines is 1. The monoisotopic (exact) mass is 279 g/mol. The van der Waals surface area contributed by atoms with E-state index in [1.807, 2.05) is 36.4 Å². The molecule has 0 saturated carbocycles. The summed E-state index contributed by atoms with van der Waals surface area (Å²) >= 11 is 12.1. The number of fused-ring (bicyclic) bond motifs is 1. The second-order valence-corrected chi connectivity index (χ2v) is 5.01. The van der Waals surface area contributed by atoms with Gasteiger partial charge in [0.2, 0.25) is 0 Å². The van der Waals surface area contributed by atoms with Crippen molar-refractivity contribution >= 4 is 28.9 Å². The number of benzene rings is 2. The van der Waals surface area contributed by atoms with Crippen molar-refractivity contribution in [1.29, 1.82) is 0 Å². The first-order valence-corrected chi connectivity index (χ1v) is 6.44. The molecular formula is C14H11Cl2NO. The molecule has 0 amide bonds. The zero-order valence-corrected chi connectivity index (χ0v) is 11.0. The fourth-order valence-electron chi connectivity index (χ4n) is 2.05. The van der Waals surface area contributed by atoms with E-state index in [0.29, 0.717) is 22.3 Å². The van der Waals surface area contributed by atoms with Crippen molar-refractivity contribution < 1.29 is 4.74 Å². The lowest BCUT2D eigenvalue weighted by Crippen LogP contribution is -2.23. The van der Waals surface area contributed by atoms with Gasteiger partial charge in [0, 0.05) is 5.02 Å². The van der Waals surface area contributed by atoms with E-state index in [4.69, 9.17) is 27.9 Å². The Morgan fingerprint density at radius 2 is 1.89 bits per heavy atom. The molecule has 1 aliphatic rings. The Hall–Kier alpha value is -1.38. The van der Waals surface area contributed by atoms with E-state index in [2.05, 4.69) is 5.32 Å². The summed E-state index contributed by atoms with van der Waals surface area (Å²) in [6.45, 7) is 0.702. The van der Waals surface area contributed by atoms with Gasteiger partial charge in [0.25, 0.3) is 0 Å². The largest absolute Gasteiger partial charge is 0.480 e. The lowest BCUT2D eigenvalue weighted by Gasteiger charge is -2.28. The highest BCUT2D eigenvalue weighted by molar-refractivity contribution is 6.36. The summed E-state index contributed by atoms with van der Waals surface area (Å²) < 4.78 is 5.95. The quantitative estimate of drug-likeness (QED) is 0.828. The highest BCUT2D eigenvalue weighted by Crippen LogP contribution is 2.41. The van der Waals surface area contributed by atoms with Gasteiger partial charge >= 0.3 is 0 Å². The molecule has 0 aliphatic carbocycles. The van der Waals surface area contributed by atoms with Crippen LogP contribution < -0.4 is 10.1 Å². The van der Waals surface area contributed by atoms with Crippen LogP contribution in [0.3, 0.4) is 0 Å². The van der Waals surface area contributed by atoms with E-state index >= 15 is 0 Å². The molecular weight excluding hydrogens is 269 g/mol. The zero-order chi connectivity index (χ0) is 12.5. The van der Waals surface area contributed by atoms with Crippen LogP contribution in [0.2, 0.25) is 10.0 Å². The minimum Gasteiger partial charge on any atom is -0.480 e. The average molecular weight is 280 g/mol. The van der Waals surface area contributed by atoms with Crippen molar-refractivity contribution in [2.75, 3.05) is 11.9 Å². The summed E-state index contributed by atoms with van der Waals surface area (Å²) in [5.74, 6) is 0.668. The SMILES string of the molecule is Clc1cc(Cl)c2c(c1)NCC(c1ccccc1)O2. The average Bonchev–Trinajstić information content (AvgIpc) is 2.39. The molecule has 1 atom stereocenters. The van der Waals surface area contributed by atoms with Gasteiger partial charge in [-0.1, -0.05) is 53.5 Å². The molecule has 0 saturated heterocycles. The molecule has 1 aliphatic heterocycles. The lowest BCUT2D eigenvalue weighted by molar-refractivity contribution is 0.210. The smallest absolute Gasteiger partial charge is 0.162 e. The van der Waals surface area contributed by atoms with Crippen molar-refractivity contribution in [1.82, 2.24) is 0 Å². The van der Waals surface area contributed by atoms with Crippen molar-refractivity contribution in [2.24, 2.45) is 0 Å². The van der Waals surface area contributed by atoms with Gasteiger partial charge in [-0.05, 0) is 17.7 Å². The van der Waals surface area contributed by atoms with Crippen LogP contribution in [0, 0.1) is 0 Å². The van der Waals surface area contributed by atoms with Gasteiger partial charge in [0.15, 0.2) is 5.75 Å². The van der Waals surface area contributed by atoms with Crippen LogP contribution in [-0.2, 0) is 0 Å². The predicted octanol–water partition coefficient (Wildman–Crippen LogP) is 4.54. The Morgan fingerprint density at radius 3 is 2.67 bits per heavy atom.